The average molecular weight is 298 g/mol. The number of likely N-dealkylation sites (N-methyl/N-ethyl adjacent to an activating group) is 2. The Hall–Kier alpha value is -0.650. The van der Waals surface area contributed by atoms with Crippen LogP contribution in [-0.4, -0.2) is 61.9 Å². The van der Waals surface area contributed by atoms with Crippen LogP contribution in [0.25, 0.3) is 0 Å². The molecule has 1 heterocycles. The maximum absolute atomic E-state index is 12.3. The fourth-order valence-corrected chi connectivity index (χ4v) is 3.68. The highest BCUT2D eigenvalue weighted by molar-refractivity contribution is 5.81. The molecule has 0 radical (unpaired) electrons. The summed E-state index contributed by atoms with van der Waals surface area (Å²) in [5.41, 5.74) is -0.486. The summed E-state index contributed by atoms with van der Waals surface area (Å²) in [4.78, 5) is 14.7. The standard InChI is InChI=1S/C16H30N2O3/c1-4-17-16(15(19)20-5-2)9-8-13(11-16)18(3)12-14-7-6-10-21-14/h13-14,17H,4-12H2,1-3H3. The first kappa shape index (κ1) is 16.7. The van der Waals surface area contributed by atoms with Crippen LogP contribution >= 0.6 is 0 Å². The predicted octanol–water partition coefficient (Wildman–Crippen LogP) is 1.56. The van der Waals surface area contributed by atoms with Gasteiger partial charge < -0.3 is 19.7 Å². The van der Waals surface area contributed by atoms with Gasteiger partial charge in [0.05, 0.1) is 12.7 Å². The van der Waals surface area contributed by atoms with E-state index in [0.29, 0.717) is 18.8 Å². The third kappa shape index (κ3) is 3.96. The topological polar surface area (TPSA) is 50.8 Å². The summed E-state index contributed by atoms with van der Waals surface area (Å²) in [6.07, 6.45) is 5.44. The summed E-state index contributed by atoms with van der Waals surface area (Å²) in [6, 6.07) is 0.428. The molecule has 1 N–H and O–H groups in total. The highest BCUT2D eigenvalue weighted by atomic mass is 16.5. The number of rotatable bonds is 7. The predicted molar refractivity (Wildman–Crippen MR) is 82.3 cm³/mol. The lowest BCUT2D eigenvalue weighted by atomic mass is 9.97. The van der Waals surface area contributed by atoms with E-state index in [0.717, 1.165) is 45.4 Å². The Labute approximate surface area is 128 Å². The van der Waals surface area contributed by atoms with E-state index in [1.165, 1.54) is 6.42 Å². The molecule has 21 heavy (non-hydrogen) atoms. The molecule has 2 aliphatic rings. The molecule has 0 amide bonds. The molecule has 1 aliphatic carbocycles. The van der Waals surface area contributed by atoms with Gasteiger partial charge in [0, 0.05) is 19.2 Å². The van der Waals surface area contributed by atoms with Gasteiger partial charge in [-0.15, -0.1) is 0 Å². The first-order valence-corrected chi connectivity index (χ1v) is 8.35. The van der Waals surface area contributed by atoms with Crippen LogP contribution in [0.4, 0.5) is 0 Å². The number of hydrogen-bond acceptors (Lipinski definition) is 5. The molecule has 3 unspecified atom stereocenters. The van der Waals surface area contributed by atoms with Gasteiger partial charge >= 0.3 is 5.97 Å². The minimum atomic E-state index is -0.486. The van der Waals surface area contributed by atoms with Crippen molar-refractivity contribution in [3.05, 3.63) is 0 Å². The minimum Gasteiger partial charge on any atom is -0.465 e. The molecule has 0 aromatic heterocycles. The van der Waals surface area contributed by atoms with Crippen LogP contribution in [0.1, 0.15) is 46.0 Å². The molecule has 2 rings (SSSR count). The molecule has 0 aromatic carbocycles. The van der Waals surface area contributed by atoms with Crippen LogP contribution in [0.15, 0.2) is 0 Å². The number of carbonyl (C=O) groups is 1. The summed E-state index contributed by atoms with van der Waals surface area (Å²) in [5, 5.41) is 3.39. The Kier molecular flexibility index (Phi) is 6.02. The number of nitrogens with one attached hydrogen (secondary N) is 1. The highest BCUT2D eigenvalue weighted by Gasteiger charge is 2.47. The number of esters is 1. The smallest absolute Gasteiger partial charge is 0.326 e. The van der Waals surface area contributed by atoms with Crippen molar-refractivity contribution < 1.29 is 14.3 Å². The van der Waals surface area contributed by atoms with Crippen LogP contribution in [0.2, 0.25) is 0 Å². The van der Waals surface area contributed by atoms with E-state index in [-0.39, 0.29) is 5.97 Å². The van der Waals surface area contributed by atoms with Crippen molar-refractivity contribution in [2.24, 2.45) is 0 Å². The monoisotopic (exact) mass is 298 g/mol. The average Bonchev–Trinajstić information content (AvgIpc) is 3.10. The van der Waals surface area contributed by atoms with E-state index < -0.39 is 5.54 Å². The second-order valence-electron chi connectivity index (χ2n) is 6.30. The lowest BCUT2D eigenvalue weighted by Crippen LogP contribution is -2.52. The van der Waals surface area contributed by atoms with Crippen molar-refractivity contribution >= 4 is 5.97 Å². The Balaban J connectivity index is 1.93. The maximum Gasteiger partial charge on any atom is 0.326 e. The van der Waals surface area contributed by atoms with Crippen molar-refractivity contribution in [3.8, 4) is 0 Å². The van der Waals surface area contributed by atoms with E-state index >= 15 is 0 Å². The highest BCUT2D eigenvalue weighted by Crippen LogP contribution is 2.34. The molecule has 0 aromatic rings. The number of carbonyl (C=O) groups excluding carboxylic acids is 1. The molecular weight excluding hydrogens is 268 g/mol. The van der Waals surface area contributed by atoms with Crippen LogP contribution in [-0.2, 0) is 14.3 Å². The molecule has 5 heteroatoms. The van der Waals surface area contributed by atoms with E-state index in [4.69, 9.17) is 9.47 Å². The normalized spacial score (nSPS) is 32.8. The van der Waals surface area contributed by atoms with Gasteiger partial charge in [-0.25, -0.2) is 0 Å². The van der Waals surface area contributed by atoms with Crippen molar-refractivity contribution in [1.82, 2.24) is 10.2 Å². The van der Waals surface area contributed by atoms with Gasteiger partial charge in [-0.2, -0.15) is 0 Å². The number of ether oxygens (including phenoxy) is 2. The summed E-state index contributed by atoms with van der Waals surface area (Å²) >= 11 is 0. The molecule has 0 spiro atoms. The molecule has 0 bridgehead atoms. The molecule has 1 saturated heterocycles. The van der Waals surface area contributed by atoms with Crippen molar-refractivity contribution in [1.29, 1.82) is 0 Å². The Bertz CT molecular complexity index is 344. The van der Waals surface area contributed by atoms with Gasteiger partial charge in [0.15, 0.2) is 0 Å². The quantitative estimate of drug-likeness (QED) is 0.723. The van der Waals surface area contributed by atoms with E-state index in [1.807, 2.05) is 13.8 Å². The van der Waals surface area contributed by atoms with Gasteiger partial charge in [0.1, 0.15) is 5.54 Å². The van der Waals surface area contributed by atoms with E-state index in [9.17, 15) is 4.79 Å². The molecule has 122 valence electrons. The second-order valence-corrected chi connectivity index (χ2v) is 6.30. The molecule has 3 atom stereocenters. The Morgan fingerprint density at radius 1 is 1.43 bits per heavy atom. The van der Waals surface area contributed by atoms with Crippen LogP contribution in [0.5, 0.6) is 0 Å². The third-order valence-electron chi connectivity index (χ3n) is 4.81. The number of hydrogen-bond donors (Lipinski definition) is 1. The van der Waals surface area contributed by atoms with Gasteiger partial charge in [-0.05, 0) is 52.6 Å². The zero-order valence-corrected chi connectivity index (χ0v) is 13.7. The lowest BCUT2D eigenvalue weighted by Gasteiger charge is -2.31. The summed E-state index contributed by atoms with van der Waals surface area (Å²) in [6.45, 7) is 7.02. The fraction of sp³-hybridized carbons (Fsp3) is 0.938. The molecule has 2 fully saturated rings. The van der Waals surface area contributed by atoms with Crippen LogP contribution in [0.3, 0.4) is 0 Å². The molecule has 1 aliphatic heterocycles. The first-order chi connectivity index (χ1) is 10.1. The largest absolute Gasteiger partial charge is 0.465 e. The second kappa shape index (κ2) is 7.56. The van der Waals surface area contributed by atoms with Crippen molar-refractivity contribution in [2.45, 2.75) is 63.6 Å². The Morgan fingerprint density at radius 2 is 2.24 bits per heavy atom. The lowest BCUT2D eigenvalue weighted by molar-refractivity contribution is -0.151. The van der Waals surface area contributed by atoms with E-state index in [1.54, 1.807) is 0 Å². The zero-order chi connectivity index (χ0) is 15.3. The van der Waals surface area contributed by atoms with Gasteiger partial charge in [-0.1, -0.05) is 6.92 Å². The number of nitrogens with zero attached hydrogens (tertiary/aromatic N) is 1. The fourth-order valence-electron chi connectivity index (χ4n) is 3.68. The summed E-state index contributed by atoms with van der Waals surface area (Å²) < 4.78 is 11.0. The van der Waals surface area contributed by atoms with Crippen LogP contribution < -0.4 is 5.32 Å². The molecular formula is C16H30N2O3. The zero-order valence-electron chi connectivity index (χ0n) is 13.7. The Morgan fingerprint density at radius 3 is 2.86 bits per heavy atom. The van der Waals surface area contributed by atoms with E-state index in [2.05, 4.69) is 17.3 Å². The maximum atomic E-state index is 12.3. The van der Waals surface area contributed by atoms with Gasteiger partial charge in [0.25, 0.3) is 0 Å². The minimum absolute atomic E-state index is 0.0835. The summed E-state index contributed by atoms with van der Waals surface area (Å²) in [7, 11) is 2.15. The van der Waals surface area contributed by atoms with Crippen molar-refractivity contribution in [2.75, 3.05) is 33.4 Å². The SMILES string of the molecule is CCNC1(C(=O)OCC)CCC(N(C)CC2CCCO2)C1. The summed E-state index contributed by atoms with van der Waals surface area (Å²) in [5.74, 6) is -0.0835. The molecule has 1 saturated carbocycles. The van der Waals surface area contributed by atoms with Crippen LogP contribution in [0, 0.1) is 0 Å². The van der Waals surface area contributed by atoms with Gasteiger partial charge in [0.2, 0.25) is 0 Å². The van der Waals surface area contributed by atoms with Crippen molar-refractivity contribution in [3.63, 3.8) is 0 Å². The first-order valence-electron chi connectivity index (χ1n) is 8.35. The van der Waals surface area contributed by atoms with Gasteiger partial charge in [-0.3, -0.25) is 4.79 Å². The third-order valence-corrected chi connectivity index (χ3v) is 4.81. The molecule has 5 nitrogen and oxygen atoms in total.